The van der Waals surface area contributed by atoms with E-state index in [1.807, 2.05) is 13.8 Å². The van der Waals surface area contributed by atoms with Crippen LogP contribution in [-0.2, 0) is 9.59 Å². The van der Waals surface area contributed by atoms with E-state index < -0.39 is 5.41 Å². The molecule has 0 fully saturated rings. The van der Waals surface area contributed by atoms with Crippen molar-refractivity contribution in [1.29, 1.82) is 0 Å². The molecule has 1 aromatic carbocycles. The van der Waals surface area contributed by atoms with Crippen molar-refractivity contribution in [3.05, 3.63) is 17.2 Å². The molecule has 0 saturated heterocycles. The van der Waals surface area contributed by atoms with E-state index in [0.29, 0.717) is 35.0 Å². The number of amides is 2. The van der Waals surface area contributed by atoms with Crippen LogP contribution in [0.25, 0.3) is 0 Å². The topological polar surface area (TPSA) is 93.5 Å². The number of ether oxygens (including phenoxy) is 1. The number of nitrogens with two attached hydrogens (primary N) is 1. The fraction of sp³-hybridized carbons (Fsp3) is 0.467. The third kappa shape index (κ3) is 3.03. The maximum absolute atomic E-state index is 12.5. The molecule has 120 valence electrons. The monoisotopic (exact) mass is 325 g/mol. The van der Waals surface area contributed by atoms with E-state index in [-0.39, 0.29) is 25.0 Å². The van der Waals surface area contributed by atoms with Gasteiger partial charge in [0.1, 0.15) is 5.75 Å². The number of hydrogen-bond acceptors (Lipinski definition) is 4. The minimum absolute atomic E-state index is 0.0569. The Bertz CT molecular complexity index is 592. The number of hydrogen-bond donors (Lipinski definition) is 3. The summed E-state index contributed by atoms with van der Waals surface area (Å²) in [6.07, 6.45) is 1.28. The second kappa shape index (κ2) is 6.54. The van der Waals surface area contributed by atoms with Crippen LogP contribution in [0.5, 0.6) is 5.75 Å². The third-order valence-corrected chi connectivity index (χ3v) is 4.49. The van der Waals surface area contributed by atoms with Gasteiger partial charge in [-0.05, 0) is 18.9 Å². The van der Waals surface area contributed by atoms with Crippen molar-refractivity contribution in [2.75, 3.05) is 23.8 Å². The van der Waals surface area contributed by atoms with Crippen LogP contribution in [0, 0.1) is 5.41 Å². The van der Waals surface area contributed by atoms with Crippen LogP contribution in [0.4, 0.5) is 11.4 Å². The lowest BCUT2D eigenvalue weighted by Gasteiger charge is -2.29. The molecule has 0 saturated carbocycles. The summed E-state index contributed by atoms with van der Waals surface area (Å²) in [7, 11) is 0. The molecule has 0 aliphatic carbocycles. The molecule has 0 aromatic heterocycles. The average molecular weight is 326 g/mol. The number of nitrogens with one attached hydrogen (secondary N) is 2. The molecule has 1 aliphatic heterocycles. The number of benzene rings is 1. The van der Waals surface area contributed by atoms with Crippen LogP contribution < -0.4 is 21.1 Å². The summed E-state index contributed by atoms with van der Waals surface area (Å²) in [5.41, 5.74) is 6.11. The van der Waals surface area contributed by atoms with E-state index in [0.717, 1.165) is 0 Å². The Morgan fingerprint density at radius 3 is 2.73 bits per heavy atom. The Hall–Kier alpha value is -1.79. The molecule has 2 rings (SSSR count). The maximum atomic E-state index is 12.5. The molecule has 1 aromatic rings. The number of fused-ring (bicyclic) bond motifs is 1. The fourth-order valence-corrected chi connectivity index (χ4v) is 2.61. The maximum Gasteiger partial charge on any atom is 0.262 e. The van der Waals surface area contributed by atoms with Gasteiger partial charge >= 0.3 is 0 Å². The molecule has 22 heavy (non-hydrogen) atoms. The van der Waals surface area contributed by atoms with Crippen LogP contribution in [0.15, 0.2) is 12.1 Å². The summed E-state index contributed by atoms with van der Waals surface area (Å²) < 4.78 is 5.33. The lowest BCUT2D eigenvalue weighted by Crippen LogP contribution is -2.41. The first-order chi connectivity index (χ1) is 10.5. The van der Waals surface area contributed by atoms with Crippen molar-refractivity contribution < 1.29 is 14.3 Å². The average Bonchev–Trinajstić information content (AvgIpc) is 2.50. The zero-order valence-electron chi connectivity index (χ0n) is 12.7. The molecular formula is C15H20ClN3O3. The molecule has 4 N–H and O–H groups in total. The van der Waals surface area contributed by atoms with Crippen molar-refractivity contribution in [1.82, 2.24) is 0 Å². The highest BCUT2D eigenvalue weighted by atomic mass is 35.5. The van der Waals surface area contributed by atoms with Gasteiger partial charge < -0.3 is 21.1 Å². The summed E-state index contributed by atoms with van der Waals surface area (Å²) in [4.78, 5) is 23.8. The second-order valence-corrected chi connectivity index (χ2v) is 5.72. The van der Waals surface area contributed by atoms with Crippen molar-refractivity contribution in [3.8, 4) is 5.75 Å². The van der Waals surface area contributed by atoms with E-state index in [1.165, 1.54) is 0 Å². The Morgan fingerprint density at radius 2 is 2.14 bits per heavy atom. The molecule has 0 radical (unpaired) electrons. The second-order valence-electron chi connectivity index (χ2n) is 5.31. The first kappa shape index (κ1) is 16.6. The molecule has 2 amide bonds. The number of anilines is 2. The Labute approximate surface area is 134 Å². The molecule has 1 heterocycles. The van der Waals surface area contributed by atoms with E-state index >= 15 is 0 Å². The van der Waals surface area contributed by atoms with Gasteiger partial charge in [0.2, 0.25) is 5.91 Å². The van der Waals surface area contributed by atoms with Gasteiger partial charge in [0.05, 0.1) is 21.8 Å². The lowest BCUT2D eigenvalue weighted by atomic mass is 9.81. The van der Waals surface area contributed by atoms with Gasteiger partial charge in [0.15, 0.2) is 6.61 Å². The third-order valence-electron chi connectivity index (χ3n) is 4.18. The van der Waals surface area contributed by atoms with Crippen molar-refractivity contribution in [2.45, 2.75) is 26.7 Å². The van der Waals surface area contributed by atoms with Gasteiger partial charge in [0.25, 0.3) is 5.91 Å². The number of halogens is 1. The standard InChI is InChI=1S/C15H20ClN3O3/c1-3-15(4-2,8-17)14(21)19-10-6-12-11(5-9(10)16)18-13(20)7-22-12/h5-6H,3-4,7-8,17H2,1-2H3,(H,18,20)(H,19,21). The molecular weight excluding hydrogens is 306 g/mol. The summed E-state index contributed by atoms with van der Waals surface area (Å²) in [6, 6.07) is 3.17. The molecule has 0 unspecified atom stereocenters. The van der Waals surface area contributed by atoms with Crippen LogP contribution in [-0.4, -0.2) is 25.0 Å². The SMILES string of the molecule is CCC(CC)(CN)C(=O)Nc1cc2c(cc1Cl)NC(=O)CO2. The smallest absolute Gasteiger partial charge is 0.262 e. The number of rotatable bonds is 5. The normalized spacial score (nSPS) is 13.9. The van der Waals surface area contributed by atoms with Crippen LogP contribution in [0.2, 0.25) is 5.02 Å². The zero-order chi connectivity index (χ0) is 16.3. The molecule has 1 aliphatic rings. The number of carbonyl (C=O) groups is 2. The van der Waals surface area contributed by atoms with Crippen LogP contribution >= 0.6 is 11.6 Å². The van der Waals surface area contributed by atoms with Gasteiger partial charge in [-0.3, -0.25) is 9.59 Å². The highest BCUT2D eigenvalue weighted by Crippen LogP contribution is 2.37. The predicted octanol–water partition coefficient (Wildman–Crippen LogP) is 2.37. The zero-order valence-corrected chi connectivity index (χ0v) is 13.4. The molecule has 7 heteroatoms. The number of carbonyl (C=O) groups excluding carboxylic acids is 2. The highest BCUT2D eigenvalue weighted by molar-refractivity contribution is 6.34. The predicted molar refractivity (Wildman–Crippen MR) is 86.3 cm³/mol. The largest absolute Gasteiger partial charge is 0.482 e. The molecule has 0 spiro atoms. The van der Waals surface area contributed by atoms with E-state index in [1.54, 1.807) is 12.1 Å². The highest BCUT2D eigenvalue weighted by Gasteiger charge is 2.34. The van der Waals surface area contributed by atoms with Gasteiger partial charge in [-0.25, -0.2) is 0 Å². The van der Waals surface area contributed by atoms with E-state index in [2.05, 4.69) is 10.6 Å². The van der Waals surface area contributed by atoms with Gasteiger partial charge in [-0.2, -0.15) is 0 Å². The summed E-state index contributed by atoms with van der Waals surface area (Å²) >= 11 is 6.18. The van der Waals surface area contributed by atoms with Crippen molar-refractivity contribution in [3.63, 3.8) is 0 Å². The van der Waals surface area contributed by atoms with Gasteiger partial charge in [0, 0.05) is 12.6 Å². The van der Waals surface area contributed by atoms with E-state index in [9.17, 15) is 9.59 Å². The first-order valence-corrected chi connectivity index (χ1v) is 7.61. The lowest BCUT2D eigenvalue weighted by molar-refractivity contribution is -0.125. The first-order valence-electron chi connectivity index (χ1n) is 7.23. The minimum atomic E-state index is -0.617. The Kier molecular flexibility index (Phi) is 4.93. The fourth-order valence-electron chi connectivity index (χ4n) is 2.40. The molecule has 0 bridgehead atoms. The molecule has 6 nitrogen and oxygen atoms in total. The van der Waals surface area contributed by atoms with E-state index in [4.69, 9.17) is 22.1 Å². The Balaban J connectivity index is 2.27. The van der Waals surface area contributed by atoms with Crippen LogP contribution in [0.3, 0.4) is 0 Å². The van der Waals surface area contributed by atoms with Gasteiger partial charge in [-0.1, -0.05) is 25.4 Å². The Morgan fingerprint density at radius 1 is 1.45 bits per heavy atom. The quantitative estimate of drug-likeness (QED) is 0.774. The van der Waals surface area contributed by atoms with Gasteiger partial charge in [-0.15, -0.1) is 0 Å². The van der Waals surface area contributed by atoms with Crippen LogP contribution in [0.1, 0.15) is 26.7 Å². The van der Waals surface area contributed by atoms with Crippen molar-refractivity contribution in [2.24, 2.45) is 11.1 Å². The summed E-state index contributed by atoms with van der Waals surface area (Å²) in [6.45, 7) is 4.08. The summed E-state index contributed by atoms with van der Waals surface area (Å²) in [5, 5.41) is 5.82. The van der Waals surface area contributed by atoms with Crippen molar-refractivity contribution >= 4 is 34.8 Å². The minimum Gasteiger partial charge on any atom is -0.482 e. The molecule has 0 atom stereocenters. The summed E-state index contributed by atoms with van der Waals surface area (Å²) in [5.74, 6) is 0.0757.